The number of hydrogen-bond donors (Lipinski definition) is 1. The van der Waals surface area contributed by atoms with Gasteiger partial charge in [0.1, 0.15) is 27.4 Å². The minimum Gasteiger partial charge on any atom is -0.390 e. The van der Waals surface area contributed by atoms with Gasteiger partial charge >= 0.3 is 0 Å². The van der Waals surface area contributed by atoms with E-state index in [4.69, 9.17) is 15.0 Å². The molecule has 0 amide bonds. The van der Waals surface area contributed by atoms with Gasteiger partial charge in [-0.1, -0.05) is 48.2 Å². The van der Waals surface area contributed by atoms with Crippen LogP contribution in [-0.2, 0) is 12.3 Å². The first-order valence-electron chi connectivity index (χ1n) is 13.9. The van der Waals surface area contributed by atoms with Gasteiger partial charge in [-0.25, -0.2) is 19.4 Å². The normalized spacial score (nSPS) is 15.0. The number of imidazole rings is 1. The van der Waals surface area contributed by atoms with E-state index in [9.17, 15) is 14.8 Å². The lowest BCUT2D eigenvalue weighted by molar-refractivity contribution is 0.0348. The number of nitrogens with zero attached hydrogens (tertiary/aromatic N) is 8. The van der Waals surface area contributed by atoms with Gasteiger partial charge in [0.15, 0.2) is 5.65 Å². The maximum Gasteiger partial charge on any atom is 0.228 e. The molecular formula is C31H31FN8OS2. The third kappa shape index (κ3) is 6.06. The zero-order valence-corrected chi connectivity index (χ0v) is 25.8. The molecule has 1 fully saturated rings. The molecule has 0 unspecified atom stereocenters. The van der Waals surface area contributed by atoms with E-state index in [0.717, 1.165) is 16.3 Å². The van der Waals surface area contributed by atoms with Gasteiger partial charge in [0.05, 0.1) is 35.1 Å². The van der Waals surface area contributed by atoms with Gasteiger partial charge in [0.2, 0.25) is 5.95 Å². The van der Waals surface area contributed by atoms with Gasteiger partial charge in [-0.2, -0.15) is 10.2 Å². The smallest absolute Gasteiger partial charge is 0.228 e. The molecule has 43 heavy (non-hydrogen) atoms. The third-order valence-electron chi connectivity index (χ3n) is 7.48. The lowest BCUT2D eigenvalue weighted by Gasteiger charge is -2.35. The Balaban J connectivity index is 1.42. The van der Waals surface area contributed by atoms with Crippen LogP contribution in [0.3, 0.4) is 0 Å². The zero-order chi connectivity index (χ0) is 30.1. The number of anilines is 1. The number of halogens is 1. The van der Waals surface area contributed by atoms with Gasteiger partial charge in [-0.3, -0.25) is 0 Å². The summed E-state index contributed by atoms with van der Waals surface area (Å²) in [7, 11) is 3.68. The van der Waals surface area contributed by atoms with Gasteiger partial charge in [0.25, 0.3) is 0 Å². The molecule has 0 saturated carbocycles. The molecular weight excluding hydrogens is 584 g/mol. The van der Waals surface area contributed by atoms with Crippen LogP contribution in [0.4, 0.5) is 15.3 Å². The number of aliphatic hydroxyl groups is 1. The summed E-state index contributed by atoms with van der Waals surface area (Å²) in [5.74, 6) is 0.939. The molecule has 0 spiro atoms. The number of fused-ring (bicyclic) bond motifs is 2. The zero-order valence-electron chi connectivity index (χ0n) is 24.2. The molecule has 5 aromatic rings. The van der Waals surface area contributed by atoms with Crippen molar-refractivity contribution in [3.63, 3.8) is 0 Å². The first-order valence-corrected chi connectivity index (χ1v) is 15.7. The molecule has 0 atom stereocenters. The Kier molecular flexibility index (Phi) is 8.05. The van der Waals surface area contributed by atoms with Crippen LogP contribution in [0, 0.1) is 17.1 Å². The SMILES string of the molecule is CN(C)C=Nc1sc2c(F)ccc(Cn3cnc4c(SCc5ccccc5)nc(N5CCC(C)(O)CC5)nc43)c2c1C#N. The number of piperidine rings is 1. The van der Waals surface area contributed by atoms with Crippen molar-refractivity contribution in [3.8, 4) is 6.07 Å². The highest BCUT2D eigenvalue weighted by atomic mass is 32.2. The minimum atomic E-state index is -0.699. The average Bonchev–Trinajstić information content (AvgIpc) is 3.58. The number of thioether (sulfide) groups is 1. The van der Waals surface area contributed by atoms with Crippen LogP contribution in [0.15, 0.2) is 58.8 Å². The Morgan fingerprint density at radius 1 is 1.19 bits per heavy atom. The Bertz CT molecular complexity index is 1850. The van der Waals surface area contributed by atoms with Crippen molar-refractivity contribution in [1.82, 2.24) is 24.4 Å². The molecule has 0 bridgehead atoms. The fourth-order valence-electron chi connectivity index (χ4n) is 5.08. The topological polar surface area (TPSA) is 106 Å². The predicted octanol–water partition coefficient (Wildman–Crippen LogP) is 5.96. The number of nitriles is 1. The van der Waals surface area contributed by atoms with Gasteiger partial charge in [-0.15, -0.1) is 11.3 Å². The molecule has 4 heterocycles. The van der Waals surface area contributed by atoms with Gasteiger partial charge < -0.3 is 19.5 Å². The number of rotatable bonds is 8. The molecule has 9 nitrogen and oxygen atoms in total. The largest absolute Gasteiger partial charge is 0.390 e. The number of aliphatic imine (C=N–C) groups is 1. The summed E-state index contributed by atoms with van der Waals surface area (Å²) in [6.07, 6.45) is 4.60. The molecule has 220 valence electrons. The van der Waals surface area contributed by atoms with Crippen molar-refractivity contribution in [2.45, 2.75) is 42.7 Å². The fourth-order valence-corrected chi connectivity index (χ4v) is 7.05. The van der Waals surface area contributed by atoms with E-state index in [-0.39, 0.29) is 5.82 Å². The highest BCUT2D eigenvalue weighted by molar-refractivity contribution is 7.98. The van der Waals surface area contributed by atoms with Crippen molar-refractivity contribution >= 4 is 61.6 Å². The molecule has 0 radical (unpaired) electrons. The Morgan fingerprint density at radius 2 is 1.95 bits per heavy atom. The molecule has 12 heteroatoms. The van der Waals surface area contributed by atoms with Crippen molar-refractivity contribution < 1.29 is 9.50 Å². The lowest BCUT2D eigenvalue weighted by Crippen LogP contribution is -2.43. The minimum absolute atomic E-state index is 0.337. The molecule has 6 rings (SSSR count). The fraction of sp³-hybridized carbons (Fsp3) is 0.323. The highest BCUT2D eigenvalue weighted by Gasteiger charge is 2.29. The second-order valence-corrected chi connectivity index (χ2v) is 13.1. The first kappa shape index (κ1) is 29.0. The number of hydrogen-bond acceptors (Lipinski definition) is 9. The summed E-state index contributed by atoms with van der Waals surface area (Å²) >= 11 is 2.78. The quantitative estimate of drug-likeness (QED) is 0.0987. The summed E-state index contributed by atoms with van der Waals surface area (Å²) in [6, 6.07) is 15.6. The summed E-state index contributed by atoms with van der Waals surface area (Å²) in [5.41, 5.74) is 2.96. The van der Waals surface area contributed by atoms with Crippen LogP contribution in [0.25, 0.3) is 21.3 Å². The van der Waals surface area contributed by atoms with Crippen LogP contribution in [0.1, 0.15) is 36.5 Å². The Labute approximate surface area is 257 Å². The third-order valence-corrected chi connectivity index (χ3v) is 9.62. The van der Waals surface area contributed by atoms with E-state index >= 15 is 0 Å². The summed E-state index contributed by atoms with van der Waals surface area (Å²) in [6.45, 7) is 3.49. The number of thiophene rings is 1. The lowest BCUT2D eigenvalue weighted by atomic mass is 9.94. The maximum atomic E-state index is 15.0. The molecule has 1 aliphatic rings. The molecule has 3 aromatic heterocycles. The Morgan fingerprint density at radius 3 is 2.67 bits per heavy atom. The molecule has 0 aliphatic carbocycles. The van der Waals surface area contributed by atoms with Crippen molar-refractivity contribution in [1.29, 1.82) is 5.26 Å². The molecule has 1 aliphatic heterocycles. The summed E-state index contributed by atoms with van der Waals surface area (Å²) in [5, 5.41) is 22.4. The van der Waals surface area contributed by atoms with E-state index < -0.39 is 5.60 Å². The summed E-state index contributed by atoms with van der Waals surface area (Å²) in [4.78, 5) is 23.0. The van der Waals surface area contributed by atoms with E-state index in [1.807, 2.05) is 43.8 Å². The van der Waals surface area contributed by atoms with Crippen molar-refractivity contribution in [2.75, 3.05) is 32.1 Å². The summed E-state index contributed by atoms with van der Waals surface area (Å²) < 4.78 is 17.3. The van der Waals surface area contributed by atoms with Crippen LogP contribution >= 0.6 is 23.1 Å². The number of benzene rings is 2. The van der Waals surface area contributed by atoms with Crippen LogP contribution in [-0.4, -0.2) is 68.6 Å². The van der Waals surface area contributed by atoms with Crippen LogP contribution < -0.4 is 4.90 Å². The van der Waals surface area contributed by atoms with E-state index in [1.54, 1.807) is 35.4 Å². The maximum absolute atomic E-state index is 15.0. The monoisotopic (exact) mass is 614 g/mol. The van der Waals surface area contributed by atoms with Gasteiger partial charge in [0, 0.05) is 38.3 Å². The first-order chi connectivity index (χ1) is 20.7. The van der Waals surface area contributed by atoms with E-state index in [1.165, 1.54) is 23.0 Å². The van der Waals surface area contributed by atoms with Crippen LogP contribution in [0.5, 0.6) is 0 Å². The standard InChI is InChI=1S/C31H31FN8OS2/c1-31(41)11-13-39(14-12-31)30-36-27-25(29(37-30)42-17-20-7-5-4-6-8-20)34-19-40(27)16-21-9-10-23(32)26-24(21)22(15-33)28(43-26)35-18-38(2)3/h4-10,18-19,41H,11-14,16-17H2,1-3H3. The van der Waals surface area contributed by atoms with E-state index in [2.05, 4.69) is 28.1 Å². The van der Waals surface area contributed by atoms with E-state index in [0.29, 0.717) is 70.2 Å². The molecule has 1 saturated heterocycles. The van der Waals surface area contributed by atoms with Crippen LogP contribution in [0.2, 0.25) is 0 Å². The number of aromatic nitrogens is 4. The Hall–Kier alpha value is -4.05. The van der Waals surface area contributed by atoms with Gasteiger partial charge in [-0.05, 0) is 37.0 Å². The van der Waals surface area contributed by atoms with Crippen molar-refractivity contribution in [2.24, 2.45) is 4.99 Å². The predicted molar refractivity (Wildman–Crippen MR) is 171 cm³/mol. The highest BCUT2D eigenvalue weighted by Crippen LogP contribution is 2.41. The second-order valence-electron chi connectivity index (χ2n) is 11.1. The van der Waals surface area contributed by atoms with Crippen molar-refractivity contribution in [3.05, 3.63) is 71.3 Å². The molecule has 2 aromatic carbocycles. The molecule has 1 N–H and O–H groups in total. The second kappa shape index (κ2) is 11.9. The average molecular weight is 615 g/mol.